The van der Waals surface area contributed by atoms with Crippen molar-refractivity contribution in [3.8, 4) is 0 Å². The Labute approximate surface area is 209 Å². The van der Waals surface area contributed by atoms with E-state index >= 15 is 0 Å². The maximum Gasteiger partial charge on any atom is 0.270 e. The predicted octanol–water partition coefficient (Wildman–Crippen LogP) is 2.50. The van der Waals surface area contributed by atoms with Gasteiger partial charge in [0.2, 0.25) is 5.91 Å². The van der Waals surface area contributed by atoms with Crippen LogP contribution in [0.2, 0.25) is 0 Å². The fourth-order valence-electron chi connectivity index (χ4n) is 5.57. The minimum Gasteiger partial charge on any atom is -0.341 e. The summed E-state index contributed by atoms with van der Waals surface area (Å²) in [5, 5.41) is 11.1. The SMILES string of the molecule is O=C(CN1CN(c2ccccc2)C2(CCN(C(=O)c3cccc([N+](=O)[O-])c3)CC2)C1=O)N1CCCC1. The Morgan fingerprint density at radius 2 is 1.61 bits per heavy atom. The zero-order chi connectivity index (χ0) is 25.3. The lowest BCUT2D eigenvalue weighted by Gasteiger charge is -2.43. The molecule has 1 spiro atoms. The molecule has 5 rings (SSSR count). The third kappa shape index (κ3) is 4.27. The molecule has 0 N–H and O–H groups in total. The standard InChI is InChI=1S/C26H29N5O5/c32-23(27-13-4-5-14-27)18-29-19-30(21-8-2-1-3-9-21)26(25(29)34)11-15-28(16-12-26)24(33)20-7-6-10-22(17-20)31(35)36/h1-3,6-10,17H,4-5,11-16,18-19H2. The van der Waals surface area contributed by atoms with Gasteiger partial charge in [-0.2, -0.15) is 0 Å². The number of non-ortho nitro benzene ring substituents is 1. The van der Waals surface area contributed by atoms with E-state index in [4.69, 9.17) is 0 Å². The van der Waals surface area contributed by atoms with Crippen molar-refractivity contribution < 1.29 is 19.3 Å². The zero-order valence-corrected chi connectivity index (χ0v) is 20.0. The Morgan fingerprint density at radius 3 is 2.28 bits per heavy atom. The van der Waals surface area contributed by atoms with Gasteiger partial charge in [-0.1, -0.05) is 24.3 Å². The number of carbonyl (C=O) groups excluding carboxylic acids is 3. The summed E-state index contributed by atoms with van der Waals surface area (Å²) in [5.41, 5.74) is 0.191. The minimum absolute atomic E-state index is 0.0239. The molecule has 10 heteroatoms. The Kier molecular flexibility index (Phi) is 6.34. The van der Waals surface area contributed by atoms with Gasteiger partial charge in [0.15, 0.2) is 0 Å². The molecule has 0 aliphatic carbocycles. The largest absolute Gasteiger partial charge is 0.341 e. The van der Waals surface area contributed by atoms with Crippen LogP contribution in [0.3, 0.4) is 0 Å². The van der Waals surface area contributed by atoms with Crippen molar-refractivity contribution in [2.24, 2.45) is 0 Å². The molecule has 3 fully saturated rings. The monoisotopic (exact) mass is 491 g/mol. The maximum absolute atomic E-state index is 13.8. The highest BCUT2D eigenvalue weighted by Crippen LogP contribution is 2.39. The van der Waals surface area contributed by atoms with Crippen LogP contribution in [0.5, 0.6) is 0 Å². The molecule has 3 aliphatic heterocycles. The first-order valence-electron chi connectivity index (χ1n) is 12.3. The van der Waals surface area contributed by atoms with Gasteiger partial charge in [0.25, 0.3) is 17.5 Å². The average Bonchev–Trinajstić information content (AvgIpc) is 3.53. The first-order valence-corrected chi connectivity index (χ1v) is 12.3. The van der Waals surface area contributed by atoms with Crippen molar-refractivity contribution >= 4 is 29.1 Å². The second kappa shape index (κ2) is 9.60. The number of anilines is 1. The van der Waals surface area contributed by atoms with Crippen molar-refractivity contribution in [1.82, 2.24) is 14.7 Å². The Morgan fingerprint density at radius 1 is 0.917 bits per heavy atom. The van der Waals surface area contributed by atoms with Crippen molar-refractivity contribution in [1.29, 1.82) is 0 Å². The Hall–Kier alpha value is -3.95. The highest BCUT2D eigenvalue weighted by molar-refractivity contribution is 5.98. The average molecular weight is 492 g/mol. The van der Waals surface area contributed by atoms with Crippen LogP contribution >= 0.6 is 0 Å². The molecular weight excluding hydrogens is 462 g/mol. The lowest BCUT2D eigenvalue weighted by molar-refractivity contribution is -0.384. The molecule has 36 heavy (non-hydrogen) atoms. The molecule has 188 valence electrons. The van der Waals surface area contributed by atoms with E-state index in [9.17, 15) is 24.5 Å². The normalized spacial score (nSPS) is 19.3. The number of rotatable bonds is 5. The van der Waals surface area contributed by atoms with Gasteiger partial charge in [-0.25, -0.2) is 0 Å². The van der Waals surface area contributed by atoms with Crippen LogP contribution in [0.15, 0.2) is 54.6 Å². The molecule has 0 bridgehead atoms. The number of likely N-dealkylation sites (tertiary alicyclic amines) is 2. The number of hydrogen-bond donors (Lipinski definition) is 0. The molecule has 2 aromatic carbocycles. The second-order valence-electron chi connectivity index (χ2n) is 9.63. The highest BCUT2D eigenvalue weighted by Gasteiger charge is 2.54. The van der Waals surface area contributed by atoms with Crippen LogP contribution in [-0.2, 0) is 9.59 Å². The maximum atomic E-state index is 13.8. The van der Waals surface area contributed by atoms with Crippen molar-refractivity contribution in [3.63, 3.8) is 0 Å². The summed E-state index contributed by atoms with van der Waals surface area (Å²) >= 11 is 0. The molecule has 0 unspecified atom stereocenters. The van der Waals surface area contributed by atoms with Gasteiger partial charge in [-0.15, -0.1) is 0 Å². The van der Waals surface area contributed by atoms with E-state index in [1.54, 1.807) is 15.9 Å². The van der Waals surface area contributed by atoms with Gasteiger partial charge in [-0.3, -0.25) is 24.5 Å². The first-order chi connectivity index (χ1) is 17.4. The lowest BCUT2D eigenvalue weighted by atomic mass is 9.85. The van der Waals surface area contributed by atoms with Gasteiger partial charge in [0.1, 0.15) is 12.1 Å². The third-order valence-corrected chi connectivity index (χ3v) is 7.55. The molecule has 2 aromatic rings. The molecule has 0 atom stereocenters. The van der Waals surface area contributed by atoms with Crippen LogP contribution in [0.25, 0.3) is 0 Å². The Balaban J connectivity index is 1.35. The van der Waals surface area contributed by atoms with E-state index in [0.717, 1.165) is 31.6 Å². The molecule has 3 saturated heterocycles. The molecule has 10 nitrogen and oxygen atoms in total. The molecule has 3 amide bonds. The number of hydrogen-bond acceptors (Lipinski definition) is 6. The van der Waals surface area contributed by atoms with E-state index in [1.807, 2.05) is 35.2 Å². The van der Waals surface area contributed by atoms with Gasteiger partial charge in [0.05, 0.1) is 11.6 Å². The van der Waals surface area contributed by atoms with Crippen LogP contribution < -0.4 is 4.90 Å². The quantitative estimate of drug-likeness (QED) is 0.470. The zero-order valence-electron chi connectivity index (χ0n) is 20.0. The number of piperidine rings is 1. The van der Waals surface area contributed by atoms with Gasteiger partial charge < -0.3 is 19.6 Å². The molecular formula is C26H29N5O5. The molecule has 0 saturated carbocycles. The fourth-order valence-corrected chi connectivity index (χ4v) is 5.57. The lowest BCUT2D eigenvalue weighted by Crippen LogP contribution is -2.57. The Bertz CT molecular complexity index is 1170. The van der Waals surface area contributed by atoms with Crippen LogP contribution in [-0.4, -0.2) is 82.3 Å². The first kappa shape index (κ1) is 23.8. The summed E-state index contributed by atoms with van der Waals surface area (Å²) in [4.78, 5) is 57.6. The molecule has 0 radical (unpaired) electrons. The summed E-state index contributed by atoms with van der Waals surface area (Å²) in [6.07, 6.45) is 2.81. The van der Waals surface area contributed by atoms with Crippen LogP contribution in [0.1, 0.15) is 36.0 Å². The summed E-state index contributed by atoms with van der Waals surface area (Å²) in [6, 6.07) is 15.4. The van der Waals surface area contributed by atoms with E-state index in [-0.39, 0.29) is 35.5 Å². The number of benzene rings is 2. The summed E-state index contributed by atoms with van der Waals surface area (Å²) in [7, 11) is 0. The fraction of sp³-hybridized carbons (Fsp3) is 0.423. The van der Waals surface area contributed by atoms with E-state index in [0.29, 0.717) is 32.6 Å². The number of para-hydroxylation sites is 1. The van der Waals surface area contributed by atoms with Gasteiger partial charge in [0, 0.05) is 49.6 Å². The number of nitro benzene ring substituents is 1. The van der Waals surface area contributed by atoms with Gasteiger partial charge >= 0.3 is 0 Å². The van der Waals surface area contributed by atoms with Crippen LogP contribution in [0, 0.1) is 10.1 Å². The molecule has 3 aliphatic rings. The summed E-state index contributed by atoms with van der Waals surface area (Å²) < 4.78 is 0. The number of carbonyl (C=O) groups is 3. The highest BCUT2D eigenvalue weighted by atomic mass is 16.6. The summed E-state index contributed by atoms with van der Waals surface area (Å²) in [5.74, 6) is -0.392. The molecule has 0 aromatic heterocycles. The third-order valence-electron chi connectivity index (χ3n) is 7.55. The smallest absolute Gasteiger partial charge is 0.270 e. The van der Waals surface area contributed by atoms with Crippen molar-refractivity contribution in [2.75, 3.05) is 44.3 Å². The molecule has 3 heterocycles. The number of amides is 3. The predicted molar refractivity (Wildman–Crippen MR) is 132 cm³/mol. The second-order valence-corrected chi connectivity index (χ2v) is 9.63. The van der Waals surface area contributed by atoms with E-state index in [2.05, 4.69) is 4.90 Å². The number of nitro groups is 1. The van der Waals surface area contributed by atoms with E-state index in [1.165, 1.54) is 18.2 Å². The van der Waals surface area contributed by atoms with Gasteiger partial charge in [-0.05, 0) is 43.9 Å². The van der Waals surface area contributed by atoms with E-state index < -0.39 is 10.5 Å². The minimum atomic E-state index is -0.841. The topological polar surface area (TPSA) is 107 Å². The van der Waals surface area contributed by atoms with Crippen molar-refractivity contribution in [2.45, 2.75) is 31.2 Å². The summed E-state index contributed by atoms with van der Waals surface area (Å²) in [6.45, 7) is 2.53. The number of nitrogens with zero attached hydrogens (tertiary/aromatic N) is 5. The van der Waals surface area contributed by atoms with Crippen LogP contribution in [0.4, 0.5) is 11.4 Å². The van der Waals surface area contributed by atoms with Crippen molar-refractivity contribution in [3.05, 3.63) is 70.3 Å².